The lowest BCUT2D eigenvalue weighted by Crippen LogP contribution is -2.43. The summed E-state index contributed by atoms with van der Waals surface area (Å²) in [5.74, 6) is 0.222. The first-order valence-electron chi connectivity index (χ1n) is 6.43. The summed E-state index contributed by atoms with van der Waals surface area (Å²) >= 11 is 7.19. The van der Waals surface area contributed by atoms with E-state index >= 15 is 0 Å². The average Bonchev–Trinajstić information content (AvgIpc) is 2.50. The summed E-state index contributed by atoms with van der Waals surface area (Å²) < 4.78 is 38.7. The Morgan fingerprint density at radius 2 is 2.18 bits per heavy atom. The third-order valence-corrected chi connectivity index (χ3v) is 6.80. The van der Waals surface area contributed by atoms with Gasteiger partial charge >= 0.3 is 0 Å². The molecule has 0 radical (unpaired) electrons. The monoisotopic (exact) mass is 362 g/mol. The third-order valence-electron chi connectivity index (χ3n) is 3.36. The van der Waals surface area contributed by atoms with Crippen molar-refractivity contribution in [2.45, 2.75) is 10.4 Å². The Hall–Kier alpha value is -1.09. The predicted molar refractivity (Wildman–Crippen MR) is 84.7 cm³/mol. The molecule has 9 heteroatoms. The van der Waals surface area contributed by atoms with Gasteiger partial charge in [-0.3, -0.25) is 5.32 Å². The van der Waals surface area contributed by atoms with E-state index in [0.29, 0.717) is 12.3 Å². The van der Waals surface area contributed by atoms with E-state index in [1.807, 2.05) is 0 Å². The van der Waals surface area contributed by atoms with Crippen LogP contribution in [0, 0.1) is 5.82 Å². The fourth-order valence-electron chi connectivity index (χ4n) is 2.21. The number of aromatic nitrogens is 1. The van der Waals surface area contributed by atoms with Crippen molar-refractivity contribution < 1.29 is 17.9 Å². The van der Waals surface area contributed by atoms with Crippen LogP contribution in [0.3, 0.4) is 0 Å². The lowest BCUT2D eigenvalue weighted by atomic mass is 10.2. The molecule has 1 aromatic heterocycles. The molecule has 2 aromatic rings. The average molecular weight is 363 g/mol. The number of fused-ring (bicyclic) bond motifs is 1. The van der Waals surface area contributed by atoms with Crippen molar-refractivity contribution in [2.75, 3.05) is 18.1 Å². The number of rotatable bonds is 2. The number of thioether (sulfide) groups is 1. The molecule has 1 aromatic carbocycles. The number of nitrogens with zero attached hydrogens (tertiary/aromatic N) is 1. The molecule has 0 amide bonds. The predicted octanol–water partition coefficient (Wildman–Crippen LogP) is 2.17. The lowest BCUT2D eigenvalue weighted by Gasteiger charge is -2.22. The molecule has 118 valence electrons. The highest BCUT2D eigenvalue weighted by Gasteiger charge is 2.31. The normalized spacial score (nSPS) is 19.5. The van der Waals surface area contributed by atoms with E-state index in [9.17, 15) is 17.9 Å². The minimum atomic E-state index is -3.76. The molecule has 0 saturated carbocycles. The molecule has 1 unspecified atom stereocenters. The SMILES string of the molecule is O=S(=O)(c1cc(O)c2cc(Cl)c(F)cc2n1)C1CSCCN1. The molecule has 1 aliphatic heterocycles. The lowest BCUT2D eigenvalue weighted by molar-refractivity contribution is 0.478. The summed E-state index contributed by atoms with van der Waals surface area (Å²) in [4.78, 5) is 3.99. The fraction of sp³-hybridized carbons (Fsp3) is 0.308. The van der Waals surface area contributed by atoms with Gasteiger partial charge in [0.15, 0.2) is 5.03 Å². The van der Waals surface area contributed by atoms with E-state index in [0.717, 1.165) is 17.9 Å². The molecule has 3 rings (SSSR count). The Labute approximate surface area is 135 Å². The maximum Gasteiger partial charge on any atom is 0.212 e. The number of pyridine rings is 1. The van der Waals surface area contributed by atoms with Crippen molar-refractivity contribution in [1.82, 2.24) is 10.3 Å². The first-order chi connectivity index (χ1) is 10.4. The summed E-state index contributed by atoms with van der Waals surface area (Å²) in [5, 5.41) is 11.9. The summed E-state index contributed by atoms with van der Waals surface area (Å²) in [7, 11) is -3.76. The second kappa shape index (κ2) is 5.84. The van der Waals surface area contributed by atoms with Crippen LogP contribution in [0.15, 0.2) is 23.2 Å². The topological polar surface area (TPSA) is 79.3 Å². The van der Waals surface area contributed by atoms with Crippen LogP contribution < -0.4 is 5.32 Å². The van der Waals surface area contributed by atoms with Crippen molar-refractivity contribution in [1.29, 1.82) is 0 Å². The van der Waals surface area contributed by atoms with E-state index in [-0.39, 0.29) is 26.7 Å². The van der Waals surface area contributed by atoms with Gasteiger partial charge in [0.05, 0.1) is 10.5 Å². The van der Waals surface area contributed by atoms with Crippen LogP contribution in [-0.2, 0) is 9.84 Å². The molecule has 0 aliphatic carbocycles. The number of halogens is 2. The molecule has 1 aliphatic rings. The van der Waals surface area contributed by atoms with Gasteiger partial charge in [-0.25, -0.2) is 17.8 Å². The molecule has 5 nitrogen and oxygen atoms in total. The second-order valence-electron chi connectivity index (χ2n) is 4.83. The van der Waals surface area contributed by atoms with Gasteiger partial charge in [-0.1, -0.05) is 11.6 Å². The number of nitrogens with one attached hydrogen (secondary N) is 1. The van der Waals surface area contributed by atoms with Crippen molar-refractivity contribution in [3.63, 3.8) is 0 Å². The molecular formula is C13H12ClFN2O3S2. The molecule has 1 atom stereocenters. The Bertz CT molecular complexity index is 839. The number of aromatic hydroxyl groups is 1. The summed E-state index contributed by atoms with van der Waals surface area (Å²) in [5.41, 5.74) is 0.0453. The highest BCUT2D eigenvalue weighted by atomic mass is 35.5. The van der Waals surface area contributed by atoms with E-state index in [4.69, 9.17) is 11.6 Å². The van der Waals surface area contributed by atoms with E-state index in [1.54, 1.807) is 0 Å². The van der Waals surface area contributed by atoms with Gasteiger partial charge in [0.25, 0.3) is 0 Å². The van der Waals surface area contributed by atoms with Crippen LogP contribution in [0.25, 0.3) is 10.9 Å². The van der Waals surface area contributed by atoms with Gasteiger partial charge in [-0.05, 0) is 6.07 Å². The molecule has 1 saturated heterocycles. The Morgan fingerprint density at radius 3 is 2.86 bits per heavy atom. The quantitative estimate of drug-likeness (QED) is 0.852. The van der Waals surface area contributed by atoms with Crippen molar-refractivity contribution in [2.24, 2.45) is 0 Å². The standard InChI is InChI=1S/C13H12ClFN2O3S2/c14-8-3-7-10(4-9(8)15)17-12(5-11(7)18)22(19,20)13-6-21-2-1-16-13/h3-5,13,16H,1-2,6H2,(H,17,18). The van der Waals surface area contributed by atoms with Crippen LogP contribution in [0.1, 0.15) is 0 Å². The largest absolute Gasteiger partial charge is 0.507 e. The summed E-state index contributed by atoms with van der Waals surface area (Å²) in [6, 6.07) is 3.31. The Kier molecular flexibility index (Phi) is 4.19. The zero-order valence-electron chi connectivity index (χ0n) is 11.2. The minimum Gasteiger partial charge on any atom is -0.507 e. The number of hydrogen-bond donors (Lipinski definition) is 2. The van der Waals surface area contributed by atoms with Gasteiger partial charge in [0.2, 0.25) is 9.84 Å². The van der Waals surface area contributed by atoms with Crippen molar-refractivity contribution in [3.05, 3.63) is 29.0 Å². The first-order valence-corrected chi connectivity index (χ1v) is 9.51. The first kappa shape index (κ1) is 15.8. The van der Waals surface area contributed by atoms with Crippen LogP contribution in [0.4, 0.5) is 4.39 Å². The number of sulfone groups is 1. The van der Waals surface area contributed by atoms with Gasteiger partial charge in [0, 0.05) is 35.6 Å². The van der Waals surface area contributed by atoms with Crippen LogP contribution >= 0.6 is 23.4 Å². The maximum atomic E-state index is 13.5. The third kappa shape index (κ3) is 2.76. The summed E-state index contributed by atoms with van der Waals surface area (Å²) in [6.45, 7) is 0.582. The van der Waals surface area contributed by atoms with Crippen molar-refractivity contribution in [3.8, 4) is 5.75 Å². The van der Waals surface area contributed by atoms with Gasteiger partial charge < -0.3 is 5.11 Å². The van der Waals surface area contributed by atoms with E-state index in [2.05, 4.69) is 10.3 Å². The molecule has 0 spiro atoms. The highest BCUT2D eigenvalue weighted by Crippen LogP contribution is 2.31. The zero-order chi connectivity index (χ0) is 15.9. The fourth-order valence-corrected chi connectivity index (χ4v) is 5.27. The van der Waals surface area contributed by atoms with Crippen LogP contribution in [0.5, 0.6) is 5.75 Å². The smallest absolute Gasteiger partial charge is 0.212 e. The van der Waals surface area contributed by atoms with Crippen molar-refractivity contribution >= 4 is 44.1 Å². The molecular weight excluding hydrogens is 351 g/mol. The van der Waals surface area contributed by atoms with E-state index < -0.39 is 21.0 Å². The number of hydrogen-bond acceptors (Lipinski definition) is 6. The maximum absolute atomic E-state index is 13.5. The molecule has 2 N–H and O–H groups in total. The van der Waals surface area contributed by atoms with Gasteiger partial charge in [0.1, 0.15) is 16.9 Å². The van der Waals surface area contributed by atoms with Crippen LogP contribution in [-0.4, -0.2) is 41.9 Å². The zero-order valence-corrected chi connectivity index (χ0v) is 13.6. The molecule has 2 heterocycles. The molecule has 22 heavy (non-hydrogen) atoms. The van der Waals surface area contributed by atoms with Gasteiger partial charge in [-0.15, -0.1) is 0 Å². The second-order valence-corrected chi connectivity index (χ2v) is 8.46. The Balaban J connectivity index is 2.13. The molecule has 1 fully saturated rings. The number of benzene rings is 1. The van der Waals surface area contributed by atoms with E-state index in [1.165, 1.54) is 17.8 Å². The minimum absolute atomic E-state index is 0.0453. The Morgan fingerprint density at radius 1 is 1.41 bits per heavy atom. The van der Waals surface area contributed by atoms with Gasteiger partial charge in [-0.2, -0.15) is 11.8 Å². The van der Waals surface area contributed by atoms with Crippen LogP contribution in [0.2, 0.25) is 5.02 Å². The summed E-state index contributed by atoms with van der Waals surface area (Å²) in [6.07, 6.45) is 0. The molecule has 0 bridgehead atoms. The highest BCUT2D eigenvalue weighted by molar-refractivity contribution is 8.01.